The monoisotopic (exact) mass is 360 g/mol. The zero-order valence-corrected chi connectivity index (χ0v) is 15.0. The number of hydrogen-bond donors (Lipinski definition) is 2. The molecule has 0 saturated carbocycles. The highest BCUT2D eigenvalue weighted by Crippen LogP contribution is 2.32. The van der Waals surface area contributed by atoms with Crippen molar-refractivity contribution in [3.8, 4) is 0 Å². The molecule has 3 N–H and O–H groups in total. The summed E-state index contributed by atoms with van der Waals surface area (Å²) < 4.78 is 5.02. The maximum Gasteiger partial charge on any atom is 0.332 e. The molecule has 5 nitrogen and oxygen atoms in total. The molecule has 136 valence electrons. The Bertz CT molecular complexity index is 1030. The summed E-state index contributed by atoms with van der Waals surface area (Å²) in [5.74, 6) is -0.831. The minimum atomic E-state index is -1.12. The second-order valence-corrected chi connectivity index (χ2v) is 6.94. The minimum absolute atomic E-state index is 0.355. The van der Waals surface area contributed by atoms with Crippen molar-refractivity contribution >= 4 is 28.3 Å². The van der Waals surface area contributed by atoms with E-state index in [2.05, 4.69) is 5.32 Å². The van der Waals surface area contributed by atoms with Crippen molar-refractivity contribution in [1.82, 2.24) is 5.32 Å². The summed E-state index contributed by atoms with van der Waals surface area (Å²) in [4.78, 5) is 25.6. The smallest absolute Gasteiger partial charge is 0.332 e. The Hall–Kier alpha value is -3.34. The molecule has 0 unspecified atom stereocenters. The van der Waals surface area contributed by atoms with Crippen LogP contribution in [0.5, 0.6) is 0 Å². The predicted octanol–water partition coefficient (Wildman–Crippen LogP) is 2.86. The van der Waals surface area contributed by atoms with Crippen LogP contribution in [0.4, 0.5) is 5.69 Å². The van der Waals surface area contributed by atoms with Crippen molar-refractivity contribution in [2.24, 2.45) is 0 Å². The number of carbonyl (C=O) groups is 2. The number of esters is 1. The van der Waals surface area contributed by atoms with Gasteiger partial charge in [-0.25, -0.2) is 4.79 Å². The van der Waals surface area contributed by atoms with Gasteiger partial charge in [0.25, 0.3) is 5.91 Å². The maximum atomic E-state index is 13.0. The number of nitrogens with two attached hydrogens (primary N) is 1. The van der Waals surface area contributed by atoms with E-state index < -0.39 is 11.5 Å². The van der Waals surface area contributed by atoms with Gasteiger partial charge in [-0.3, -0.25) is 4.79 Å². The van der Waals surface area contributed by atoms with E-state index in [-0.39, 0.29) is 5.91 Å². The fraction of sp³-hybridized carbons (Fsp3) is 0.182. The van der Waals surface area contributed by atoms with Gasteiger partial charge >= 0.3 is 5.97 Å². The molecule has 0 aliphatic heterocycles. The van der Waals surface area contributed by atoms with Crippen LogP contribution in [-0.4, -0.2) is 24.5 Å². The maximum absolute atomic E-state index is 13.0. The van der Waals surface area contributed by atoms with E-state index in [1.165, 1.54) is 7.11 Å². The second kappa shape index (κ2) is 6.43. The van der Waals surface area contributed by atoms with Gasteiger partial charge < -0.3 is 15.8 Å². The molecule has 0 fully saturated rings. The fourth-order valence-electron chi connectivity index (χ4n) is 3.83. The first kappa shape index (κ1) is 17.1. The summed E-state index contributed by atoms with van der Waals surface area (Å²) in [6.45, 7) is 0. The number of anilines is 1. The van der Waals surface area contributed by atoms with Crippen molar-refractivity contribution in [3.05, 3.63) is 77.4 Å². The molecule has 0 bridgehead atoms. The molecule has 5 heteroatoms. The van der Waals surface area contributed by atoms with Gasteiger partial charge in [-0.2, -0.15) is 0 Å². The first-order valence-corrected chi connectivity index (χ1v) is 8.78. The Morgan fingerprint density at radius 1 is 0.963 bits per heavy atom. The van der Waals surface area contributed by atoms with Gasteiger partial charge in [0.2, 0.25) is 0 Å². The number of fused-ring (bicyclic) bond motifs is 2. The largest absolute Gasteiger partial charge is 0.467 e. The van der Waals surface area contributed by atoms with Crippen LogP contribution in [0.15, 0.2) is 60.7 Å². The summed E-state index contributed by atoms with van der Waals surface area (Å²) in [7, 11) is 1.34. The molecule has 0 radical (unpaired) electrons. The average Bonchev–Trinajstić information content (AvgIpc) is 3.05. The van der Waals surface area contributed by atoms with Crippen LogP contribution in [0.2, 0.25) is 0 Å². The SMILES string of the molecule is COC(=O)C1(NC(=O)c2cc3ccccc3cc2N)Cc2ccccc2C1. The van der Waals surface area contributed by atoms with Gasteiger partial charge in [0.15, 0.2) is 0 Å². The van der Waals surface area contributed by atoms with E-state index in [0.717, 1.165) is 21.9 Å². The lowest BCUT2D eigenvalue weighted by Gasteiger charge is -2.27. The van der Waals surface area contributed by atoms with Crippen molar-refractivity contribution in [3.63, 3.8) is 0 Å². The highest BCUT2D eigenvalue weighted by Gasteiger charge is 2.46. The van der Waals surface area contributed by atoms with Crippen LogP contribution >= 0.6 is 0 Å². The Balaban J connectivity index is 1.70. The number of nitrogens with one attached hydrogen (secondary N) is 1. The number of hydrogen-bond acceptors (Lipinski definition) is 4. The van der Waals surface area contributed by atoms with Gasteiger partial charge in [0.1, 0.15) is 5.54 Å². The van der Waals surface area contributed by atoms with Crippen molar-refractivity contribution in [2.45, 2.75) is 18.4 Å². The third-order valence-electron chi connectivity index (χ3n) is 5.19. The highest BCUT2D eigenvalue weighted by molar-refractivity contribution is 6.06. The Labute approximate surface area is 157 Å². The molecule has 1 aliphatic carbocycles. The van der Waals surface area contributed by atoms with E-state index in [0.29, 0.717) is 24.1 Å². The molecular weight excluding hydrogens is 340 g/mol. The highest BCUT2D eigenvalue weighted by atomic mass is 16.5. The number of amides is 1. The molecule has 0 atom stereocenters. The second-order valence-electron chi connectivity index (χ2n) is 6.94. The summed E-state index contributed by atoms with van der Waals surface area (Å²) in [5, 5.41) is 4.79. The third kappa shape index (κ3) is 2.91. The summed E-state index contributed by atoms with van der Waals surface area (Å²) in [5.41, 5.74) is 7.81. The Morgan fingerprint density at radius 2 is 1.52 bits per heavy atom. The summed E-state index contributed by atoms with van der Waals surface area (Å²) in [6, 6.07) is 19.0. The molecule has 1 amide bonds. The number of nitrogen functional groups attached to an aromatic ring is 1. The van der Waals surface area contributed by atoms with Crippen LogP contribution in [0, 0.1) is 0 Å². The van der Waals surface area contributed by atoms with Crippen LogP contribution in [0.3, 0.4) is 0 Å². The van der Waals surface area contributed by atoms with Crippen LogP contribution < -0.4 is 11.1 Å². The molecule has 4 rings (SSSR count). The fourth-order valence-corrected chi connectivity index (χ4v) is 3.83. The van der Waals surface area contributed by atoms with E-state index >= 15 is 0 Å². The van der Waals surface area contributed by atoms with Crippen molar-refractivity contribution < 1.29 is 14.3 Å². The summed E-state index contributed by atoms with van der Waals surface area (Å²) in [6.07, 6.45) is 0.796. The average molecular weight is 360 g/mol. The molecule has 0 heterocycles. The molecule has 1 aliphatic rings. The lowest BCUT2D eigenvalue weighted by molar-refractivity contribution is -0.147. The Morgan fingerprint density at radius 3 is 2.11 bits per heavy atom. The van der Waals surface area contributed by atoms with E-state index in [1.807, 2.05) is 48.5 Å². The number of rotatable bonds is 3. The van der Waals surface area contributed by atoms with Gasteiger partial charge in [-0.05, 0) is 34.0 Å². The molecule has 3 aromatic carbocycles. The van der Waals surface area contributed by atoms with E-state index in [4.69, 9.17) is 10.5 Å². The lowest BCUT2D eigenvalue weighted by Crippen LogP contribution is -2.56. The molecule has 0 saturated heterocycles. The molecule has 0 spiro atoms. The predicted molar refractivity (Wildman–Crippen MR) is 104 cm³/mol. The quantitative estimate of drug-likeness (QED) is 0.556. The zero-order chi connectivity index (χ0) is 19.0. The number of carbonyl (C=O) groups excluding carboxylic acids is 2. The number of ether oxygens (including phenoxy) is 1. The number of benzene rings is 3. The first-order chi connectivity index (χ1) is 13.0. The van der Waals surface area contributed by atoms with Crippen molar-refractivity contribution in [1.29, 1.82) is 0 Å². The van der Waals surface area contributed by atoms with Gasteiger partial charge in [-0.15, -0.1) is 0 Å². The van der Waals surface area contributed by atoms with Crippen LogP contribution in [0.1, 0.15) is 21.5 Å². The van der Waals surface area contributed by atoms with Gasteiger partial charge in [-0.1, -0.05) is 48.5 Å². The standard InChI is InChI=1S/C22H20N2O3/c1-27-21(26)22(12-16-8-4-5-9-17(16)13-22)24-20(25)18-10-14-6-2-3-7-15(14)11-19(18)23/h2-11H,12-13,23H2,1H3,(H,24,25). The summed E-state index contributed by atoms with van der Waals surface area (Å²) >= 11 is 0. The van der Waals surface area contributed by atoms with E-state index in [1.54, 1.807) is 12.1 Å². The minimum Gasteiger partial charge on any atom is -0.467 e. The van der Waals surface area contributed by atoms with Gasteiger partial charge in [0, 0.05) is 18.5 Å². The molecular formula is C22H20N2O3. The third-order valence-corrected chi connectivity index (χ3v) is 5.19. The Kier molecular flexibility index (Phi) is 4.07. The molecule has 0 aromatic heterocycles. The van der Waals surface area contributed by atoms with E-state index in [9.17, 15) is 9.59 Å². The first-order valence-electron chi connectivity index (χ1n) is 8.78. The number of methoxy groups -OCH3 is 1. The molecule has 27 heavy (non-hydrogen) atoms. The topological polar surface area (TPSA) is 81.4 Å². The van der Waals surface area contributed by atoms with Crippen LogP contribution in [-0.2, 0) is 22.4 Å². The lowest BCUT2D eigenvalue weighted by atomic mass is 9.94. The van der Waals surface area contributed by atoms with Crippen LogP contribution in [0.25, 0.3) is 10.8 Å². The molecule has 3 aromatic rings. The zero-order valence-electron chi connectivity index (χ0n) is 15.0. The normalized spacial score (nSPS) is 14.6. The van der Waals surface area contributed by atoms with Crippen molar-refractivity contribution in [2.75, 3.05) is 12.8 Å². The van der Waals surface area contributed by atoms with Gasteiger partial charge in [0.05, 0.1) is 12.7 Å².